The molecule has 0 aliphatic carbocycles. The highest BCUT2D eigenvalue weighted by atomic mass is 35.5. The van der Waals surface area contributed by atoms with E-state index < -0.39 is 54.5 Å². The van der Waals surface area contributed by atoms with Gasteiger partial charge in [-0.15, -0.1) is 0 Å². The average molecular weight is 629 g/mol. The summed E-state index contributed by atoms with van der Waals surface area (Å²) < 4.78 is 51.6. The van der Waals surface area contributed by atoms with E-state index in [0.29, 0.717) is 42.1 Å². The van der Waals surface area contributed by atoms with E-state index in [9.17, 15) is 32.0 Å². The molecule has 1 N–H and O–H groups in total. The second-order valence-corrected chi connectivity index (χ2v) is 12.7. The number of methoxy groups -OCH3 is 2. The van der Waals surface area contributed by atoms with Crippen molar-refractivity contribution in [1.82, 2.24) is 10.2 Å². The molecule has 5 rings (SSSR count). The van der Waals surface area contributed by atoms with Crippen LogP contribution in [0.15, 0.2) is 35.2 Å². The Kier molecular flexibility index (Phi) is 8.95. The van der Waals surface area contributed by atoms with Crippen LogP contribution in [0.25, 0.3) is 0 Å². The molecule has 41 heavy (non-hydrogen) atoms. The number of ether oxygens (including phenoxy) is 2. The average Bonchev–Trinajstić information content (AvgIpc) is 3.01. The molecule has 10 nitrogen and oxygen atoms in total. The molecule has 3 saturated heterocycles. The van der Waals surface area contributed by atoms with Crippen LogP contribution >= 0.6 is 23.2 Å². The third-order valence-corrected chi connectivity index (χ3v) is 10.2. The number of hydrogen-bond donors (Lipinski definition) is 1. The van der Waals surface area contributed by atoms with Gasteiger partial charge in [0.1, 0.15) is 28.0 Å². The first kappa shape index (κ1) is 30.7. The van der Waals surface area contributed by atoms with E-state index >= 15 is 0 Å². The zero-order chi connectivity index (χ0) is 30.1. The lowest BCUT2D eigenvalue weighted by Crippen LogP contribution is -2.67. The van der Waals surface area contributed by atoms with Crippen LogP contribution in [0.3, 0.4) is 0 Å². The maximum atomic E-state index is 13.9. The van der Waals surface area contributed by atoms with Crippen LogP contribution in [0.5, 0.6) is 11.5 Å². The van der Waals surface area contributed by atoms with Gasteiger partial charge in [0, 0.05) is 49.4 Å². The van der Waals surface area contributed by atoms with Crippen molar-refractivity contribution in [2.24, 2.45) is 5.92 Å². The molecule has 2 amide bonds. The van der Waals surface area contributed by atoms with E-state index in [0.717, 1.165) is 17.0 Å². The lowest BCUT2D eigenvalue weighted by molar-refractivity contribution is -0.150. The molecule has 0 spiro atoms. The van der Waals surface area contributed by atoms with Crippen molar-refractivity contribution < 1.29 is 41.5 Å². The van der Waals surface area contributed by atoms with Crippen molar-refractivity contribution in [2.75, 3.05) is 27.3 Å². The molecule has 0 saturated carbocycles. The number of carbonyl (C=O) groups excluding carboxylic acids is 4. The molecule has 0 aromatic heterocycles. The SMILES string of the molecule is COc1ccc(Cl)cc1CC1CN2C(=O)CC2(S(=O)(=O)c2cc(Cl)c(F)cc2OC)C1=O.O=C1CCNC(=O)CC1. The molecule has 2 unspecified atom stereocenters. The van der Waals surface area contributed by atoms with E-state index in [4.69, 9.17) is 32.7 Å². The predicted molar refractivity (Wildman–Crippen MR) is 146 cm³/mol. The van der Waals surface area contributed by atoms with Gasteiger partial charge >= 0.3 is 0 Å². The molecule has 3 aliphatic heterocycles. The van der Waals surface area contributed by atoms with Crippen molar-refractivity contribution in [3.8, 4) is 11.5 Å². The van der Waals surface area contributed by atoms with E-state index in [1.165, 1.54) is 14.2 Å². The number of Topliss-reactive ketones (excluding diaryl/α,β-unsaturated/α-hetero) is 2. The van der Waals surface area contributed by atoms with Gasteiger partial charge in [0.25, 0.3) is 0 Å². The Labute approximate surface area is 246 Å². The van der Waals surface area contributed by atoms with Crippen molar-refractivity contribution in [1.29, 1.82) is 0 Å². The van der Waals surface area contributed by atoms with Crippen LogP contribution in [-0.4, -0.2) is 68.9 Å². The quantitative estimate of drug-likeness (QED) is 0.381. The molecule has 2 aromatic carbocycles. The first-order valence-electron chi connectivity index (χ1n) is 12.6. The van der Waals surface area contributed by atoms with Gasteiger partial charge in [-0.05, 0) is 36.2 Å². The third kappa shape index (κ3) is 5.64. The van der Waals surface area contributed by atoms with E-state index in [2.05, 4.69) is 5.32 Å². The smallest absolute Gasteiger partial charge is 0.228 e. The van der Waals surface area contributed by atoms with Crippen LogP contribution < -0.4 is 14.8 Å². The number of amides is 2. The third-order valence-electron chi connectivity index (χ3n) is 7.29. The molecule has 3 aliphatic rings. The number of sulfone groups is 1. The minimum atomic E-state index is -4.49. The van der Waals surface area contributed by atoms with Crippen LogP contribution in [0.2, 0.25) is 10.0 Å². The first-order chi connectivity index (χ1) is 19.3. The van der Waals surface area contributed by atoms with Crippen molar-refractivity contribution in [3.63, 3.8) is 0 Å². The lowest BCUT2D eigenvalue weighted by atomic mass is 9.92. The fourth-order valence-corrected chi connectivity index (χ4v) is 7.85. The van der Waals surface area contributed by atoms with Crippen LogP contribution in [0.1, 0.15) is 31.2 Å². The zero-order valence-electron chi connectivity index (χ0n) is 22.2. The van der Waals surface area contributed by atoms with Crippen LogP contribution in [-0.2, 0) is 35.4 Å². The molecule has 0 bridgehead atoms. The number of benzene rings is 2. The molecule has 220 valence electrons. The summed E-state index contributed by atoms with van der Waals surface area (Å²) in [4.78, 5) is 45.6. The Balaban J connectivity index is 0.000000367. The summed E-state index contributed by atoms with van der Waals surface area (Å²) in [5.74, 6) is -2.37. The fraction of sp³-hybridized carbons (Fsp3) is 0.407. The van der Waals surface area contributed by atoms with E-state index in [1.54, 1.807) is 18.2 Å². The summed E-state index contributed by atoms with van der Waals surface area (Å²) in [6.45, 7) is 0.446. The minimum absolute atomic E-state index is 0.000787. The summed E-state index contributed by atoms with van der Waals surface area (Å²) in [5, 5.41) is 2.60. The Morgan fingerprint density at radius 3 is 2.39 bits per heavy atom. The summed E-state index contributed by atoms with van der Waals surface area (Å²) in [6, 6.07) is 6.66. The van der Waals surface area contributed by atoms with Crippen molar-refractivity contribution in [2.45, 2.75) is 41.9 Å². The van der Waals surface area contributed by atoms with Crippen molar-refractivity contribution >= 4 is 56.4 Å². The van der Waals surface area contributed by atoms with Gasteiger partial charge in [0.2, 0.25) is 26.5 Å². The molecule has 0 radical (unpaired) electrons. The van der Waals surface area contributed by atoms with E-state index in [1.807, 2.05) is 0 Å². The molecule has 3 fully saturated rings. The van der Waals surface area contributed by atoms with Gasteiger partial charge in [-0.1, -0.05) is 23.2 Å². The van der Waals surface area contributed by atoms with Crippen LogP contribution in [0, 0.1) is 11.7 Å². The number of carbonyl (C=O) groups is 4. The lowest BCUT2D eigenvalue weighted by Gasteiger charge is -2.44. The molecular formula is C27H27Cl2FN2O8S. The highest BCUT2D eigenvalue weighted by Gasteiger charge is 2.71. The Morgan fingerprint density at radius 1 is 1.02 bits per heavy atom. The monoisotopic (exact) mass is 628 g/mol. The highest BCUT2D eigenvalue weighted by molar-refractivity contribution is 7.94. The Morgan fingerprint density at radius 2 is 1.73 bits per heavy atom. The number of rotatable bonds is 6. The number of nitrogens with one attached hydrogen (secondary N) is 1. The summed E-state index contributed by atoms with van der Waals surface area (Å²) in [7, 11) is -1.85. The fourth-order valence-electron chi connectivity index (χ4n) is 5.17. The molecule has 3 heterocycles. The standard InChI is InChI=1S/C21H18Cl2FNO6S.C6H9NO2/c1-30-16-4-3-13(22)6-11(16)5-12-10-25-19(26)9-21(25,20(12)27)32(28,29)18-7-14(23)15(24)8-17(18)31-2;8-5-1-2-6(9)7-4-3-5/h3-4,6-8,12H,5,9-10H2,1-2H3;1-4H2,(H,7,9). The Bertz CT molecular complexity index is 1520. The zero-order valence-corrected chi connectivity index (χ0v) is 24.5. The maximum Gasteiger partial charge on any atom is 0.228 e. The second-order valence-electron chi connectivity index (χ2n) is 9.75. The number of fused-ring (bicyclic) bond motifs is 1. The molecule has 2 atom stereocenters. The normalized spacial score (nSPS) is 22.2. The number of hydrogen-bond acceptors (Lipinski definition) is 8. The van der Waals surface area contributed by atoms with Crippen molar-refractivity contribution in [3.05, 3.63) is 51.8 Å². The van der Waals surface area contributed by atoms with Gasteiger partial charge in [-0.3, -0.25) is 19.2 Å². The summed E-state index contributed by atoms with van der Waals surface area (Å²) in [6.07, 6.45) is 0.927. The van der Waals surface area contributed by atoms with Gasteiger partial charge in [-0.25, -0.2) is 12.8 Å². The molecule has 14 heteroatoms. The molecule has 2 aromatic rings. The van der Waals surface area contributed by atoms with Gasteiger partial charge in [0.05, 0.1) is 25.7 Å². The van der Waals surface area contributed by atoms with Crippen LogP contribution in [0.4, 0.5) is 4.39 Å². The Hall–Kier alpha value is -3.22. The number of halogens is 3. The maximum absolute atomic E-state index is 13.9. The predicted octanol–water partition coefficient (Wildman–Crippen LogP) is 3.15. The van der Waals surface area contributed by atoms with Gasteiger partial charge in [0.15, 0.2) is 5.78 Å². The number of ketones is 2. The van der Waals surface area contributed by atoms with Gasteiger partial charge < -0.3 is 19.7 Å². The second kappa shape index (κ2) is 11.9. The minimum Gasteiger partial charge on any atom is -0.496 e. The molecular weight excluding hydrogens is 602 g/mol. The van der Waals surface area contributed by atoms with Gasteiger partial charge in [-0.2, -0.15) is 0 Å². The van der Waals surface area contributed by atoms with E-state index in [-0.39, 0.29) is 30.4 Å². The topological polar surface area (TPSA) is 136 Å². The summed E-state index contributed by atoms with van der Waals surface area (Å²) in [5.41, 5.74) is 0.614. The number of β-lactam (4-membered cyclic amide) rings is 1. The highest BCUT2D eigenvalue weighted by Crippen LogP contribution is 2.50. The number of nitrogens with zero attached hydrogens (tertiary/aromatic N) is 1. The largest absolute Gasteiger partial charge is 0.496 e. The summed E-state index contributed by atoms with van der Waals surface area (Å²) >= 11 is 11.9. The first-order valence-corrected chi connectivity index (χ1v) is 14.8.